The predicted molar refractivity (Wildman–Crippen MR) is 47.5 cm³/mol. The van der Waals surface area contributed by atoms with Crippen molar-refractivity contribution in [2.75, 3.05) is 13.2 Å². The van der Waals surface area contributed by atoms with Gasteiger partial charge >= 0.3 is 0 Å². The summed E-state index contributed by atoms with van der Waals surface area (Å²) < 4.78 is 10.7. The minimum Gasteiger partial charge on any atom is -0.486 e. The fourth-order valence-corrected chi connectivity index (χ4v) is 1.18. The van der Waals surface area contributed by atoms with E-state index in [1.807, 2.05) is 6.07 Å². The van der Waals surface area contributed by atoms with Crippen molar-refractivity contribution in [3.05, 3.63) is 18.0 Å². The topological polar surface area (TPSA) is 31.4 Å². The SMILES string of the molecule is BCc1cc2c(cn1)OCCO2. The van der Waals surface area contributed by atoms with E-state index in [0.717, 1.165) is 23.5 Å². The van der Waals surface area contributed by atoms with Crippen LogP contribution in [0.25, 0.3) is 0 Å². The molecule has 0 fully saturated rings. The van der Waals surface area contributed by atoms with Crippen LogP contribution in [0.2, 0.25) is 0 Å². The van der Waals surface area contributed by atoms with E-state index in [1.54, 1.807) is 6.20 Å². The number of fused-ring (bicyclic) bond motifs is 1. The third-order valence-electron chi connectivity index (χ3n) is 1.85. The van der Waals surface area contributed by atoms with Crippen molar-refractivity contribution in [3.8, 4) is 11.5 Å². The van der Waals surface area contributed by atoms with Crippen molar-refractivity contribution in [2.24, 2.45) is 0 Å². The van der Waals surface area contributed by atoms with Crippen LogP contribution in [0.15, 0.2) is 12.3 Å². The summed E-state index contributed by atoms with van der Waals surface area (Å²) in [4.78, 5) is 4.21. The largest absolute Gasteiger partial charge is 0.486 e. The van der Waals surface area contributed by atoms with Gasteiger partial charge in [0.2, 0.25) is 0 Å². The Hall–Kier alpha value is -1.19. The molecule has 0 bridgehead atoms. The highest BCUT2D eigenvalue weighted by Gasteiger charge is 2.11. The second-order valence-corrected chi connectivity index (χ2v) is 2.67. The molecule has 1 aliphatic heterocycles. The fourth-order valence-electron chi connectivity index (χ4n) is 1.18. The lowest BCUT2D eigenvalue weighted by atomic mass is 10.0. The third-order valence-corrected chi connectivity index (χ3v) is 1.85. The third kappa shape index (κ3) is 1.24. The molecule has 1 aromatic heterocycles. The zero-order valence-corrected chi connectivity index (χ0v) is 7.04. The van der Waals surface area contributed by atoms with Gasteiger partial charge in [0.15, 0.2) is 11.5 Å². The second kappa shape index (κ2) is 3.05. The fraction of sp³-hybridized carbons (Fsp3) is 0.375. The van der Waals surface area contributed by atoms with Crippen LogP contribution in [0.5, 0.6) is 11.5 Å². The van der Waals surface area contributed by atoms with Crippen LogP contribution in [-0.2, 0) is 6.32 Å². The van der Waals surface area contributed by atoms with Gasteiger partial charge < -0.3 is 9.47 Å². The molecule has 12 heavy (non-hydrogen) atoms. The molecule has 0 amide bonds. The molecule has 2 rings (SSSR count). The first-order chi connectivity index (χ1) is 5.90. The highest BCUT2D eigenvalue weighted by molar-refractivity contribution is 6.08. The minimum absolute atomic E-state index is 0.625. The van der Waals surface area contributed by atoms with Gasteiger partial charge in [0, 0.05) is 11.8 Å². The second-order valence-electron chi connectivity index (χ2n) is 2.67. The molecule has 0 spiro atoms. The first kappa shape index (κ1) is 7.46. The van der Waals surface area contributed by atoms with Crippen molar-refractivity contribution in [1.29, 1.82) is 0 Å². The molecular weight excluding hydrogens is 153 g/mol. The minimum atomic E-state index is 0.625. The van der Waals surface area contributed by atoms with Crippen LogP contribution < -0.4 is 9.47 Å². The molecule has 0 aromatic carbocycles. The van der Waals surface area contributed by atoms with Crippen LogP contribution in [0.4, 0.5) is 0 Å². The van der Waals surface area contributed by atoms with Gasteiger partial charge in [-0.1, -0.05) is 0 Å². The molecule has 0 aliphatic carbocycles. The van der Waals surface area contributed by atoms with E-state index in [-0.39, 0.29) is 0 Å². The molecule has 0 atom stereocenters. The van der Waals surface area contributed by atoms with Gasteiger partial charge in [0.05, 0.1) is 6.20 Å². The van der Waals surface area contributed by atoms with Gasteiger partial charge in [0.1, 0.15) is 21.1 Å². The molecule has 2 heterocycles. The molecule has 0 N–H and O–H groups in total. The first-order valence-corrected chi connectivity index (χ1v) is 4.14. The summed E-state index contributed by atoms with van der Waals surface area (Å²) in [6.07, 6.45) is 2.66. The summed E-state index contributed by atoms with van der Waals surface area (Å²) >= 11 is 0. The maximum atomic E-state index is 5.40. The maximum Gasteiger partial charge on any atom is 0.179 e. The van der Waals surface area contributed by atoms with Crippen LogP contribution in [-0.4, -0.2) is 26.0 Å². The predicted octanol–water partition coefficient (Wildman–Crippen LogP) is -0.0141. The van der Waals surface area contributed by atoms with E-state index in [0.29, 0.717) is 13.2 Å². The van der Waals surface area contributed by atoms with Crippen LogP contribution in [0.1, 0.15) is 5.69 Å². The Morgan fingerprint density at radius 3 is 2.83 bits per heavy atom. The zero-order chi connectivity index (χ0) is 8.39. The number of hydrogen-bond acceptors (Lipinski definition) is 3. The van der Waals surface area contributed by atoms with E-state index in [2.05, 4.69) is 12.8 Å². The van der Waals surface area contributed by atoms with E-state index >= 15 is 0 Å². The summed E-state index contributed by atoms with van der Waals surface area (Å²) in [5, 5.41) is 0. The summed E-state index contributed by atoms with van der Waals surface area (Å²) in [7, 11) is 2.07. The Morgan fingerprint density at radius 2 is 2.08 bits per heavy atom. The van der Waals surface area contributed by atoms with Gasteiger partial charge in [-0.15, -0.1) is 0 Å². The average molecular weight is 163 g/mol. The number of nitrogens with zero attached hydrogens (tertiary/aromatic N) is 1. The Balaban J connectivity index is 2.36. The molecule has 4 heteroatoms. The molecule has 0 radical (unpaired) electrons. The van der Waals surface area contributed by atoms with Crippen LogP contribution in [0.3, 0.4) is 0 Å². The Labute approximate surface area is 72.1 Å². The van der Waals surface area contributed by atoms with Gasteiger partial charge in [-0.2, -0.15) is 0 Å². The number of pyridine rings is 1. The average Bonchev–Trinajstić information content (AvgIpc) is 2.17. The molecular formula is C8H10BNO2. The first-order valence-electron chi connectivity index (χ1n) is 4.14. The Bertz CT molecular complexity index is 290. The van der Waals surface area contributed by atoms with Crippen LogP contribution >= 0.6 is 0 Å². The van der Waals surface area contributed by atoms with Crippen molar-refractivity contribution in [2.45, 2.75) is 6.32 Å². The molecule has 0 saturated carbocycles. The van der Waals surface area contributed by atoms with E-state index in [9.17, 15) is 0 Å². The number of aromatic nitrogens is 1. The van der Waals surface area contributed by atoms with Gasteiger partial charge in [-0.05, 0) is 6.32 Å². The van der Waals surface area contributed by atoms with E-state index < -0.39 is 0 Å². The molecule has 3 nitrogen and oxygen atoms in total. The normalized spacial score (nSPS) is 14.3. The number of ether oxygens (including phenoxy) is 2. The summed E-state index contributed by atoms with van der Waals surface area (Å²) in [6, 6.07) is 1.94. The summed E-state index contributed by atoms with van der Waals surface area (Å²) in [5.41, 5.74) is 1.04. The van der Waals surface area contributed by atoms with Crippen LogP contribution in [0, 0.1) is 0 Å². The van der Waals surface area contributed by atoms with E-state index in [1.165, 1.54) is 0 Å². The van der Waals surface area contributed by atoms with Gasteiger partial charge in [-0.3, -0.25) is 4.98 Å². The maximum absolute atomic E-state index is 5.40. The van der Waals surface area contributed by atoms with Crippen molar-refractivity contribution < 1.29 is 9.47 Å². The molecule has 1 aromatic rings. The molecule has 1 aliphatic rings. The van der Waals surface area contributed by atoms with Crippen molar-refractivity contribution in [1.82, 2.24) is 4.98 Å². The lowest BCUT2D eigenvalue weighted by Crippen LogP contribution is -2.15. The zero-order valence-electron chi connectivity index (χ0n) is 7.04. The molecule has 0 saturated heterocycles. The monoisotopic (exact) mass is 163 g/mol. The Morgan fingerprint density at radius 1 is 1.33 bits per heavy atom. The van der Waals surface area contributed by atoms with Crippen molar-refractivity contribution in [3.63, 3.8) is 0 Å². The summed E-state index contributed by atoms with van der Waals surface area (Å²) in [6.45, 7) is 1.26. The van der Waals surface area contributed by atoms with E-state index in [4.69, 9.17) is 9.47 Å². The highest BCUT2D eigenvalue weighted by Crippen LogP contribution is 2.28. The quantitative estimate of drug-likeness (QED) is 0.545. The smallest absolute Gasteiger partial charge is 0.179 e. The van der Waals surface area contributed by atoms with Crippen molar-refractivity contribution >= 4 is 7.85 Å². The summed E-state index contributed by atoms with van der Waals surface area (Å²) in [5.74, 6) is 1.59. The highest BCUT2D eigenvalue weighted by atomic mass is 16.6. The van der Waals surface area contributed by atoms with Gasteiger partial charge in [-0.25, -0.2) is 0 Å². The van der Waals surface area contributed by atoms with Gasteiger partial charge in [0.25, 0.3) is 0 Å². The Kier molecular flexibility index (Phi) is 1.90. The molecule has 0 unspecified atom stereocenters. The molecule has 62 valence electrons. The number of hydrogen-bond donors (Lipinski definition) is 0. The lowest BCUT2D eigenvalue weighted by molar-refractivity contribution is 0.170. The lowest BCUT2D eigenvalue weighted by Gasteiger charge is -2.17. The number of rotatable bonds is 1. The standard InChI is InChI=1S/C8H10BNO2/c9-4-6-3-7-8(5-10-6)12-2-1-11-7/h3,5H,1-2,4,9H2.